The van der Waals surface area contributed by atoms with Crippen molar-refractivity contribution in [2.24, 2.45) is 0 Å². The molecule has 0 N–H and O–H groups in total. The van der Waals surface area contributed by atoms with E-state index in [-0.39, 0.29) is 0 Å². The Morgan fingerprint density at radius 2 is 2.20 bits per heavy atom. The molecule has 0 aliphatic carbocycles. The first-order valence-electron chi connectivity index (χ1n) is 4.96. The summed E-state index contributed by atoms with van der Waals surface area (Å²) in [6.45, 7) is 1.82. The lowest BCUT2D eigenvalue weighted by molar-refractivity contribution is 0.112. The number of halogens is 1. The van der Waals surface area contributed by atoms with Crippen molar-refractivity contribution in [2.75, 3.05) is 18.0 Å². The SMILES string of the molecule is O=Cc1cc(Cl)ccc1N1CC=CCC1. The molecule has 78 valence electrons. The fraction of sp³-hybridized carbons (Fsp3) is 0.250. The first kappa shape index (κ1) is 10.2. The molecule has 1 aromatic carbocycles. The van der Waals surface area contributed by atoms with Gasteiger partial charge in [0.05, 0.1) is 0 Å². The number of carbonyl (C=O) groups excluding carboxylic acids is 1. The van der Waals surface area contributed by atoms with Crippen molar-refractivity contribution in [3.05, 3.63) is 40.9 Å². The molecule has 0 saturated carbocycles. The van der Waals surface area contributed by atoms with Gasteiger partial charge in [-0.05, 0) is 24.6 Å². The van der Waals surface area contributed by atoms with Crippen LogP contribution in [-0.2, 0) is 0 Å². The van der Waals surface area contributed by atoms with Crippen molar-refractivity contribution in [3.8, 4) is 0 Å². The van der Waals surface area contributed by atoms with Crippen LogP contribution in [0.4, 0.5) is 5.69 Å². The molecule has 3 heteroatoms. The highest BCUT2D eigenvalue weighted by Crippen LogP contribution is 2.24. The molecule has 2 rings (SSSR count). The van der Waals surface area contributed by atoms with Gasteiger partial charge in [-0.25, -0.2) is 0 Å². The van der Waals surface area contributed by atoms with Crippen LogP contribution < -0.4 is 4.90 Å². The summed E-state index contributed by atoms with van der Waals surface area (Å²) in [5, 5.41) is 0.605. The second kappa shape index (κ2) is 4.49. The zero-order valence-electron chi connectivity index (χ0n) is 8.32. The van der Waals surface area contributed by atoms with E-state index in [2.05, 4.69) is 17.1 Å². The number of nitrogens with zero attached hydrogens (tertiary/aromatic N) is 1. The van der Waals surface area contributed by atoms with Crippen LogP contribution in [-0.4, -0.2) is 19.4 Å². The van der Waals surface area contributed by atoms with Crippen LogP contribution in [0.15, 0.2) is 30.4 Å². The minimum absolute atomic E-state index is 0.605. The van der Waals surface area contributed by atoms with E-state index in [9.17, 15) is 4.79 Å². The van der Waals surface area contributed by atoms with Gasteiger partial charge in [0, 0.05) is 29.4 Å². The third kappa shape index (κ3) is 2.21. The molecule has 15 heavy (non-hydrogen) atoms. The number of aldehydes is 1. The molecule has 0 amide bonds. The fourth-order valence-corrected chi connectivity index (χ4v) is 1.95. The molecule has 0 atom stereocenters. The van der Waals surface area contributed by atoms with E-state index in [0.29, 0.717) is 10.6 Å². The second-order valence-electron chi connectivity index (χ2n) is 3.53. The summed E-state index contributed by atoms with van der Waals surface area (Å²) >= 11 is 5.84. The lowest BCUT2D eigenvalue weighted by Crippen LogP contribution is -2.27. The average molecular weight is 222 g/mol. The first-order valence-corrected chi connectivity index (χ1v) is 5.34. The van der Waals surface area contributed by atoms with Crippen LogP contribution in [0.25, 0.3) is 0 Å². The van der Waals surface area contributed by atoms with Crippen molar-refractivity contribution >= 4 is 23.6 Å². The Morgan fingerprint density at radius 1 is 1.33 bits per heavy atom. The third-order valence-corrected chi connectivity index (χ3v) is 2.75. The molecule has 0 fully saturated rings. The number of carbonyl (C=O) groups is 1. The standard InChI is InChI=1S/C12H12ClNO/c13-11-4-5-12(10(8-11)9-15)14-6-2-1-3-7-14/h1-2,4-5,8-9H,3,6-7H2. The molecule has 0 aromatic heterocycles. The number of anilines is 1. The topological polar surface area (TPSA) is 20.3 Å². The van der Waals surface area contributed by atoms with Gasteiger partial charge in [-0.3, -0.25) is 4.79 Å². The summed E-state index contributed by atoms with van der Waals surface area (Å²) in [7, 11) is 0. The predicted molar refractivity (Wildman–Crippen MR) is 62.8 cm³/mol. The molecular formula is C12H12ClNO. The maximum absolute atomic E-state index is 10.9. The van der Waals surface area contributed by atoms with Crippen LogP contribution in [0.5, 0.6) is 0 Å². The average Bonchev–Trinajstić information content (AvgIpc) is 2.30. The Kier molecular flexibility index (Phi) is 3.07. The van der Waals surface area contributed by atoms with Gasteiger partial charge < -0.3 is 4.90 Å². The smallest absolute Gasteiger partial charge is 0.152 e. The van der Waals surface area contributed by atoms with E-state index in [1.807, 2.05) is 12.1 Å². The first-order chi connectivity index (χ1) is 7.31. The molecule has 0 radical (unpaired) electrons. The van der Waals surface area contributed by atoms with Gasteiger partial charge in [0.1, 0.15) is 0 Å². The van der Waals surface area contributed by atoms with Crippen LogP contribution >= 0.6 is 11.6 Å². The van der Waals surface area contributed by atoms with Gasteiger partial charge in [-0.15, -0.1) is 0 Å². The summed E-state index contributed by atoms with van der Waals surface area (Å²) in [6.07, 6.45) is 6.17. The third-order valence-electron chi connectivity index (χ3n) is 2.52. The van der Waals surface area contributed by atoms with Crippen molar-refractivity contribution in [1.82, 2.24) is 0 Å². The molecular weight excluding hydrogens is 210 g/mol. The lowest BCUT2D eigenvalue weighted by atomic mass is 10.1. The molecule has 2 nitrogen and oxygen atoms in total. The van der Waals surface area contributed by atoms with E-state index in [4.69, 9.17) is 11.6 Å². The molecule has 0 saturated heterocycles. The minimum atomic E-state index is 0.605. The minimum Gasteiger partial charge on any atom is -0.367 e. The normalized spacial score (nSPS) is 15.4. The van der Waals surface area contributed by atoms with Crippen LogP contribution in [0.3, 0.4) is 0 Å². The van der Waals surface area contributed by atoms with Crippen molar-refractivity contribution in [2.45, 2.75) is 6.42 Å². The molecule has 0 unspecified atom stereocenters. The fourth-order valence-electron chi connectivity index (χ4n) is 1.77. The highest BCUT2D eigenvalue weighted by molar-refractivity contribution is 6.31. The second-order valence-corrected chi connectivity index (χ2v) is 3.96. The van der Waals surface area contributed by atoms with Crippen LogP contribution in [0.1, 0.15) is 16.8 Å². The van der Waals surface area contributed by atoms with E-state index in [1.54, 1.807) is 6.07 Å². The largest absolute Gasteiger partial charge is 0.367 e. The van der Waals surface area contributed by atoms with Gasteiger partial charge in [0.15, 0.2) is 6.29 Å². The zero-order valence-corrected chi connectivity index (χ0v) is 9.07. The Balaban J connectivity index is 2.34. The monoisotopic (exact) mass is 221 g/mol. The molecule has 0 spiro atoms. The molecule has 1 aromatic rings. The summed E-state index contributed by atoms with van der Waals surface area (Å²) in [5.41, 5.74) is 1.64. The number of benzene rings is 1. The van der Waals surface area contributed by atoms with Gasteiger partial charge >= 0.3 is 0 Å². The van der Waals surface area contributed by atoms with Gasteiger partial charge in [0.25, 0.3) is 0 Å². The Hall–Kier alpha value is -1.28. The summed E-state index contributed by atoms with van der Waals surface area (Å²) in [5.74, 6) is 0. The number of hydrogen-bond acceptors (Lipinski definition) is 2. The predicted octanol–water partition coefficient (Wildman–Crippen LogP) is 2.92. The van der Waals surface area contributed by atoms with Gasteiger partial charge in [0.2, 0.25) is 0 Å². The van der Waals surface area contributed by atoms with Crippen LogP contribution in [0.2, 0.25) is 5.02 Å². The number of hydrogen-bond donors (Lipinski definition) is 0. The highest BCUT2D eigenvalue weighted by Gasteiger charge is 2.11. The Bertz CT molecular complexity index is 401. The van der Waals surface area contributed by atoms with E-state index in [0.717, 1.165) is 31.5 Å². The summed E-state index contributed by atoms with van der Waals surface area (Å²) in [6, 6.07) is 5.44. The van der Waals surface area contributed by atoms with Gasteiger partial charge in [-0.2, -0.15) is 0 Å². The zero-order chi connectivity index (χ0) is 10.7. The Labute approximate surface area is 94.2 Å². The summed E-state index contributed by atoms with van der Waals surface area (Å²) < 4.78 is 0. The molecule has 1 aliphatic heterocycles. The van der Waals surface area contributed by atoms with Gasteiger partial charge in [-0.1, -0.05) is 23.8 Å². The number of rotatable bonds is 2. The van der Waals surface area contributed by atoms with Crippen LogP contribution in [0, 0.1) is 0 Å². The van der Waals surface area contributed by atoms with E-state index in [1.165, 1.54) is 0 Å². The van der Waals surface area contributed by atoms with Crippen molar-refractivity contribution in [1.29, 1.82) is 0 Å². The molecule has 0 bridgehead atoms. The van der Waals surface area contributed by atoms with Crippen molar-refractivity contribution < 1.29 is 4.79 Å². The Morgan fingerprint density at radius 3 is 2.87 bits per heavy atom. The summed E-state index contributed by atoms with van der Waals surface area (Å²) in [4.78, 5) is 13.1. The van der Waals surface area contributed by atoms with E-state index < -0.39 is 0 Å². The maximum Gasteiger partial charge on any atom is 0.152 e. The molecule has 1 heterocycles. The van der Waals surface area contributed by atoms with E-state index >= 15 is 0 Å². The van der Waals surface area contributed by atoms with Crippen molar-refractivity contribution in [3.63, 3.8) is 0 Å². The highest BCUT2D eigenvalue weighted by atomic mass is 35.5. The molecule has 1 aliphatic rings. The lowest BCUT2D eigenvalue weighted by Gasteiger charge is -2.26. The maximum atomic E-state index is 10.9. The quantitative estimate of drug-likeness (QED) is 0.565.